The van der Waals surface area contributed by atoms with Gasteiger partial charge in [0.2, 0.25) is 6.54 Å². The Morgan fingerprint density at radius 2 is 1.18 bits per heavy atom. The minimum atomic E-state index is -0.208. The van der Waals surface area contributed by atoms with E-state index in [1.165, 1.54) is 44.9 Å². The Labute approximate surface area is 136 Å². The second kappa shape index (κ2) is 11.0. The molecule has 0 unspecified atom stereocenters. The molecule has 132 valence electrons. The maximum absolute atomic E-state index is 10.4. The number of hydrogen-bond acceptors (Lipinski definition) is 3. The van der Waals surface area contributed by atoms with Crippen molar-refractivity contribution in [3.05, 3.63) is 10.1 Å². The molecule has 0 aliphatic heterocycles. The molecule has 0 aromatic heterocycles. The minimum Gasteiger partial charge on any atom is -0.396 e. The van der Waals surface area contributed by atoms with Crippen molar-refractivity contribution in [2.24, 2.45) is 10.8 Å². The van der Waals surface area contributed by atoms with Crippen molar-refractivity contribution in [3.8, 4) is 0 Å². The van der Waals surface area contributed by atoms with E-state index < -0.39 is 0 Å². The maximum atomic E-state index is 10.4. The van der Waals surface area contributed by atoms with Gasteiger partial charge in [-0.15, -0.1) is 0 Å². The van der Waals surface area contributed by atoms with Crippen LogP contribution in [0.2, 0.25) is 0 Å². The Kier molecular flexibility index (Phi) is 10.7. The van der Waals surface area contributed by atoms with Crippen LogP contribution in [0.3, 0.4) is 0 Å². The van der Waals surface area contributed by atoms with Gasteiger partial charge in [-0.05, 0) is 30.1 Å². The molecule has 22 heavy (non-hydrogen) atoms. The van der Waals surface area contributed by atoms with Crippen molar-refractivity contribution in [3.63, 3.8) is 0 Å². The maximum Gasteiger partial charge on any atom is 0.204 e. The summed E-state index contributed by atoms with van der Waals surface area (Å²) in [5, 5.41) is 19.4. The fourth-order valence-corrected chi connectivity index (χ4v) is 2.86. The van der Waals surface area contributed by atoms with E-state index >= 15 is 0 Å². The zero-order valence-electron chi connectivity index (χ0n) is 15.2. The number of nitrogens with zero attached hydrogens (tertiary/aromatic N) is 1. The third kappa shape index (κ3) is 13.1. The van der Waals surface area contributed by atoms with Gasteiger partial charge in [0.05, 0.1) is 0 Å². The highest BCUT2D eigenvalue weighted by molar-refractivity contribution is 4.69. The van der Waals surface area contributed by atoms with Crippen molar-refractivity contribution in [2.45, 2.75) is 91.9 Å². The first-order valence-electron chi connectivity index (χ1n) is 8.91. The van der Waals surface area contributed by atoms with E-state index in [9.17, 15) is 10.1 Å². The Balaban J connectivity index is 3.52. The Hall–Kier alpha value is -0.640. The van der Waals surface area contributed by atoms with Crippen LogP contribution < -0.4 is 0 Å². The van der Waals surface area contributed by atoms with Gasteiger partial charge in [0, 0.05) is 18.0 Å². The van der Waals surface area contributed by atoms with Crippen LogP contribution >= 0.6 is 0 Å². The van der Waals surface area contributed by atoms with Gasteiger partial charge in [-0.25, -0.2) is 0 Å². The largest absolute Gasteiger partial charge is 0.396 e. The summed E-state index contributed by atoms with van der Waals surface area (Å²) in [6.45, 7) is 9.13. The lowest BCUT2D eigenvalue weighted by molar-refractivity contribution is -0.482. The summed E-state index contributed by atoms with van der Waals surface area (Å²) >= 11 is 0. The third-order valence-electron chi connectivity index (χ3n) is 4.72. The molecule has 0 saturated heterocycles. The van der Waals surface area contributed by atoms with Crippen molar-refractivity contribution >= 4 is 0 Å². The van der Waals surface area contributed by atoms with E-state index in [1.54, 1.807) is 0 Å². The molecular weight excluding hydrogens is 278 g/mol. The lowest BCUT2D eigenvalue weighted by atomic mass is 9.83. The Morgan fingerprint density at radius 1 is 0.773 bits per heavy atom. The van der Waals surface area contributed by atoms with Crippen molar-refractivity contribution < 1.29 is 10.0 Å². The smallest absolute Gasteiger partial charge is 0.204 e. The van der Waals surface area contributed by atoms with E-state index in [0.717, 1.165) is 12.8 Å². The first-order chi connectivity index (χ1) is 10.2. The molecule has 4 nitrogen and oxygen atoms in total. The average Bonchev–Trinajstić information content (AvgIpc) is 2.39. The summed E-state index contributed by atoms with van der Waals surface area (Å²) in [7, 11) is 0. The molecule has 0 heterocycles. The van der Waals surface area contributed by atoms with Gasteiger partial charge in [0.15, 0.2) is 0 Å². The fourth-order valence-electron chi connectivity index (χ4n) is 2.86. The highest BCUT2D eigenvalue weighted by Crippen LogP contribution is 2.29. The summed E-state index contributed by atoms with van der Waals surface area (Å²) in [6.07, 6.45) is 11.4. The van der Waals surface area contributed by atoms with Gasteiger partial charge in [-0.1, -0.05) is 66.2 Å². The minimum absolute atomic E-state index is 0.0939. The van der Waals surface area contributed by atoms with E-state index in [2.05, 4.69) is 27.7 Å². The predicted octanol–water partition coefficient (Wildman–Crippen LogP) is 5.21. The summed E-state index contributed by atoms with van der Waals surface area (Å²) < 4.78 is 0. The standard InChI is InChI=1S/C18H37NO3/c1-17(2,13-15-19(21)22)11-9-7-5-6-8-10-12-18(3,4)14-16-20/h20H,5-16H2,1-4H3. The first kappa shape index (κ1) is 21.4. The van der Waals surface area contributed by atoms with Crippen LogP contribution in [0.5, 0.6) is 0 Å². The van der Waals surface area contributed by atoms with Gasteiger partial charge in [-0.3, -0.25) is 10.1 Å². The zero-order chi connectivity index (χ0) is 17.1. The van der Waals surface area contributed by atoms with Crippen LogP contribution in [0.1, 0.15) is 91.9 Å². The van der Waals surface area contributed by atoms with Crippen molar-refractivity contribution in [1.29, 1.82) is 0 Å². The van der Waals surface area contributed by atoms with Crippen LogP contribution in [-0.4, -0.2) is 23.2 Å². The third-order valence-corrected chi connectivity index (χ3v) is 4.72. The lowest BCUT2D eigenvalue weighted by Gasteiger charge is -2.23. The second-order valence-corrected chi connectivity index (χ2v) is 8.23. The number of rotatable bonds is 14. The molecule has 0 spiro atoms. The number of aliphatic hydroxyl groups excluding tert-OH is 1. The lowest BCUT2D eigenvalue weighted by Crippen LogP contribution is -2.16. The first-order valence-corrected chi connectivity index (χ1v) is 8.91. The Morgan fingerprint density at radius 3 is 1.59 bits per heavy atom. The molecular formula is C18H37NO3. The van der Waals surface area contributed by atoms with E-state index in [0.29, 0.717) is 13.0 Å². The van der Waals surface area contributed by atoms with Crippen LogP contribution in [0.15, 0.2) is 0 Å². The quantitative estimate of drug-likeness (QED) is 0.272. The van der Waals surface area contributed by atoms with E-state index in [4.69, 9.17) is 5.11 Å². The molecule has 0 rings (SSSR count). The van der Waals surface area contributed by atoms with Crippen LogP contribution in [0, 0.1) is 20.9 Å². The topological polar surface area (TPSA) is 63.4 Å². The fraction of sp³-hybridized carbons (Fsp3) is 1.00. The molecule has 0 aromatic carbocycles. The number of hydrogen-bond donors (Lipinski definition) is 1. The summed E-state index contributed by atoms with van der Waals surface area (Å²) in [5.74, 6) is 0. The van der Waals surface area contributed by atoms with E-state index in [-0.39, 0.29) is 22.3 Å². The molecule has 4 heteroatoms. The predicted molar refractivity (Wildman–Crippen MR) is 92.7 cm³/mol. The normalized spacial score (nSPS) is 12.6. The molecule has 0 atom stereocenters. The van der Waals surface area contributed by atoms with Crippen LogP contribution in [-0.2, 0) is 0 Å². The molecule has 0 fully saturated rings. The highest BCUT2D eigenvalue weighted by atomic mass is 16.6. The summed E-state index contributed by atoms with van der Waals surface area (Å²) in [5.41, 5.74) is 0.372. The molecule has 0 aliphatic rings. The average molecular weight is 315 g/mol. The molecule has 0 aromatic rings. The van der Waals surface area contributed by atoms with Gasteiger partial charge in [-0.2, -0.15) is 0 Å². The number of nitro groups is 1. The van der Waals surface area contributed by atoms with Crippen molar-refractivity contribution in [1.82, 2.24) is 0 Å². The molecule has 1 N–H and O–H groups in total. The molecule has 0 bridgehead atoms. The molecule has 0 aliphatic carbocycles. The van der Waals surface area contributed by atoms with Gasteiger partial charge in [0.1, 0.15) is 0 Å². The van der Waals surface area contributed by atoms with Gasteiger partial charge < -0.3 is 5.11 Å². The molecule has 0 saturated carbocycles. The molecule has 0 radical (unpaired) electrons. The zero-order valence-corrected chi connectivity index (χ0v) is 15.2. The number of aliphatic hydroxyl groups is 1. The number of unbranched alkanes of at least 4 members (excludes halogenated alkanes) is 5. The summed E-state index contributed by atoms with van der Waals surface area (Å²) in [6, 6.07) is 0. The van der Waals surface area contributed by atoms with Gasteiger partial charge in [0.25, 0.3) is 0 Å². The SMILES string of the molecule is CC(C)(CCO)CCCCCCCCC(C)(C)CC[N+](=O)[O-]. The van der Waals surface area contributed by atoms with E-state index in [1.807, 2.05) is 0 Å². The Bertz CT molecular complexity index is 301. The monoisotopic (exact) mass is 315 g/mol. The van der Waals surface area contributed by atoms with Crippen LogP contribution in [0.4, 0.5) is 0 Å². The second-order valence-electron chi connectivity index (χ2n) is 8.23. The van der Waals surface area contributed by atoms with Crippen LogP contribution in [0.25, 0.3) is 0 Å². The summed E-state index contributed by atoms with van der Waals surface area (Å²) in [4.78, 5) is 10.2. The highest BCUT2D eigenvalue weighted by Gasteiger charge is 2.20. The van der Waals surface area contributed by atoms with Crippen molar-refractivity contribution in [2.75, 3.05) is 13.2 Å². The van der Waals surface area contributed by atoms with Gasteiger partial charge >= 0.3 is 0 Å². The molecule has 0 amide bonds.